The summed E-state index contributed by atoms with van der Waals surface area (Å²) in [5.41, 5.74) is 3.21. The second-order valence-corrected chi connectivity index (χ2v) is 13.2. The van der Waals surface area contributed by atoms with E-state index in [0.29, 0.717) is 48.8 Å². The zero-order valence-corrected chi connectivity index (χ0v) is 29.7. The number of alkyl halides is 3. The molecule has 2 aromatic carbocycles. The molecule has 0 saturated heterocycles. The van der Waals surface area contributed by atoms with E-state index >= 15 is 0 Å². The molecule has 7 nitrogen and oxygen atoms in total. The lowest BCUT2D eigenvalue weighted by molar-refractivity contribution is -0.170. The van der Waals surface area contributed by atoms with Crippen molar-refractivity contribution in [2.75, 3.05) is 18.1 Å². The number of benzene rings is 2. The van der Waals surface area contributed by atoms with E-state index in [1.165, 1.54) is 23.8 Å². The summed E-state index contributed by atoms with van der Waals surface area (Å²) in [4.78, 5) is 39.4. The minimum Gasteiger partial charge on any atom is -0.487 e. The first-order valence-corrected chi connectivity index (χ1v) is 17.4. The van der Waals surface area contributed by atoms with E-state index in [2.05, 4.69) is 13.8 Å². The molecule has 0 radical (unpaired) electrons. The number of ketones is 1. The monoisotopic (exact) mass is 684 g/mol. The van der Waals surface area contributed by atoms with Crippen LogP contribution in [0.5, 0.6) is 5.75 Å². The number of amides is 1. The Balaban J connectivity index is 2.00. The van der Waals surface area contributed by atoms with Gasteiger partial charge >= 0.3 is 18.1 Å². The van der Waals surface area contributed by atoms with Gasteiger partial charge in [0, 0.05) is 43.0 Å². The molecule has 0 spiro atoms. The van der Waals surface area contributed by atoms with Gasteiger partial charge in [-0.15, -0.1) is 0 Å². The smallest absolute Gasteiger partial charge is 0.471 e. The second kappa shape index (κ2) is 18.6. The molecule has 0 fully saturated rings. The number of carbonyl (C=O) groups excluding carboxylic acids is 3. The molecule has 1 aromatic heterocycles. The molecule has 268 valence electrons. The third kappa shape index (κ3) is 11.8. The fourth-order valence-electron chi connectivity index (χ4n) is 5.68. The van der Waals surface area contributed by atoms with Gasteiger partial charge in [0.2, 0.25) is 0 Å². The number of hydrogen-bond donors (Lipinski definition) is 0. The van der Waals surface area contributed by atoms with E-state index in [-0.39, 0.29) is 54.2 Å². The number of nitrogens with zero attached hydrogens (tertiary/aromatic N) is 2. The average Bonchev–Trinajstić information content (AvgIpc) is 3.48. The van der Waals surface area contributed by atoms with E-state index in [4.69, 9.17) is 9.47 Å². The van der Waals surface area contributed by atoms with Crippen molar-refractivity contribution in [1.82, 2.24) is 4.57 Å². The molecule has 1 amide bonds. The van der Waals surface area contributed by atoms with Crippen LogP contribution in [0.2, 0.25) is 0 Å². The minimum absolute atomic E-state index is 0.0267. The van der Waals surface area contributed by atoms with Crippen LogP contribution in [0.4, 0.5) is 18.9 Å². The van der Waals surface area contributed by atoms with Gasteiger partial charge in [0.1, 0.15) is 12.4 Å². The highest BCUT2D eigenvalue weighted by molar-refractivity contribution is 6.11. The largest absolute Gasteiger partial charge is 0.487 e. The molecule has 3 rings (SSSR count). The predicted octanol–water partition coefficient (Wildman–Crippen LogP) is 9.44. The summed E-state index contributed by atoms with van der Waals surface area (Å²) in [5, 5.41) is 0. The van der Waals surface area contributed by atoms with Crippen molar-refractivity contribution in [1.29, 1.82) is 0 Å². The summed E-state index contributed by atoms with van der Waals surface area (Å²) in [6.45, 7) is 12.6. The average molecular weight is 685 g/mol. The first-order chi connectivity index (χ1) is 23.2. The van der Waals surface area contributed by atoms with Gasteiger partial charge in [0.25, 0.3) is 0 Å². The molecule has 0 aliphatic rings. The number of anilines is 1. The van der Waals surface area contributed by atoms with Gasteiger partial charge in [-0.05, 0) is 72.9 Å². The highest BCUT2D eigenvalue weighted by Gasteiger charge is 2.43. The number of ether oxygens (including phenoxy) is 2. The number of halogens is 3. The van der Waals surface area contributed by atoms with Crippen LogP contribution in [0.15, 0.2) is 54.9 Å². The molecule has 0 atom stereocenters. The Morgan fingerprint density at radius 3 is 2.18 bits per heavy atom. The third-order valence-corrected chi connectivity index (χ3v) is 8.18. The van der Waals surface area contributed by atoms with Crippen molar-refractivity contribution in [3.63, 3.8) is 0 Å². The molecule has 0 aliphatic heterocycles. The van der Waals surface area contributed by atoms with Crippen LogP contribution in [-0.4, -0.2) is 41.6 Å². The molecule has 0 unspecified atom stereocenters. The van der Waals surface area contributed by atoms with Crippen molar-refractivity contribution in [2.45, 2.75) is 112 Å². The molecule has 3 aromatic rings. The van der Waals surface area contributed by atoms with Crippen molar-refractivity contribution in [3.8, 4) is 5.75 Å². The molecule has 0 N–H and O–H groups in total. The zero-order chi connectivity index (χ0) is 36.1. The van der Waals surface area contributed by atoms with Crippen LogP contribution in [0.3, 0.4) is 0 Å². The van der Waals surface area contributed by atoms with Gasteiger partial charge in [-0.1, -0.05) is 78.1 Å². The number of esters is 1. The highest BCUT2D eigenvalue weighted by atomic mass is 19.4. The van der Waals surface area contributed by atoms with Crippen LogP contribution in [0.1, 0.15) is 119 Å². The Hall–Kier alpha value is -4.08. The SMILES string of the molecule is CCCCCCN(C(=O)C(F)(F)F)c1cc(C(=O)c2cn(CCCC(=O)OCC)cc2C(C)C)ccc1OCc1ccc(CC(C)C)cc1. The number of aryl methyl sites for hydroxylation is 1. The third-order valence-electron chi connectivity index (χ3n) is 8.18. The number of rotatable bonds is 19. The van der Waals surface area contributed by atoms with Crippen LogP contribution in [0.25, 0.3) is 0 Å². The molecule has 0 saturated carbocycles. The fraction of sp³-hybridized carbons (Fsp3) is 0.513. The van der Waals surface area contributed by atoms with Crippen LogP contribution in [0, 0.1) is 5.92 Å². The van der Waals surface area contributed by atoms with E-state index < -0.39 is 12.1 Å². The van der Waals surface area contributed by atoms with E-state index in [9.17, 15) is 27.6 Å². The maximum atomic E-state index is 14.0. The van der Waals surface area contributed by atoms with Crippen molar-refractivity contribution >= 4 is 23.3 Å². The summed E-state index contributed by atoms with van der Waals surface area (Å²) >= 11 is 0. The Morgan fingerprint density at radius 1 is 0.878 bits per heavy atom. The Labute approximate surface area is 288 Å². The first kappa shape index (κ1) is 39.4. The van der Waals surface area contributed by atoms with Gasteiger partial charge in [-0.2, -0.15) is 13.2 Å². The van der Waals surface area contributed by atoms with Crippen molar-refractivity contribution in [2.24, 2.45) is 5.92 Å². The van der Waals surface area contributed by atoms with Crippen LogP contribution in [-0.2, 0) is 33.9 Å². The maximum absolute atomic E-state index is 14.0. The molecule has 0 aliphatic carbocycles. The topological polar surface area (TPSA) is 77.8 Å². The second-order valence-electron chi connectivity index (χ2n) is 13.2. The van der Waals surface area contributed by atoms with Crippen LogP contribution < -0.4 is 9.64 Å². The van der Waals surface area contributed by atoms with E-state index in [1.807, 2.05) is 55.8 Å². The minimum atomic E-state index is -5.13. The number of unbranched alkanes of at least 4 members (excludes halogenated alkanes) is 3. The summed E-state index contributed by atoms with van der Waals surface area (Å²) in [5.74, 6) is -2.14. The Morgan fingerprint density at radius 2 is 1.57 bits per heavy atom. The lowest BCUT2D eigenvalue weighted by Gasteiger charge is -2.26. The summed E-state index contributed by atoms with van der Waals surface area (Å²) in [6.07, 6.45) is 2.82. The quantitative estimate of drug-likeness (QED) is 0.0714. The normalized spacial score (nSPS) is 11.7. The van der Waals surface area contributed by atoms with E-state index in [0.717, 1.165) is 30.4 Å². The summed E-state index contributed by atoms with van der Waals surface area (Å²) in [6, 6.07) is 12.2. The van der Waals surface area contributed by atoms with Crippen molar-refractivity contribution in [3.05, 3.63) is 82.7 Å². The summed E-state index contributed by atoms with van der Waals surface area (Å²) in [7, 11) is 0. The fourth-order valence-corrected chi connectivity index (χ4v) is 5.68. The maximum Gasteiger partial charge on any atom is 0.471 e. The van der Waals surface area contributed by atoms with Gasteiger partial charge in [0.15, 0.2) is 5.78 Å². The van der Waals surface area contributed by atoms with Crippen molar-refractivity contribution < 1.29 is 37.0 Å². The molecule has 1 heterocycles. The molecule has 10 heteroatoms. The molecular weight excluding hydrogens is 633 g/mol. The van der Waals surface area contributed by atoms with Gasteiger partial charge in [0.05, 0.1) is 12.3 Å². The number of carbonyl (C=O) groups is 3. The molecule has 49 heavy (non-hydrogen) atoms. The molecular formula is C39H51F3N2O5. The van der Waals surface area contributed by atoms with Gasteiger partial charge in [-0.3, -0.25) is 14.4 Å². The zero-order valence-electron chi connectivity index (χ0n) is 29.7. The number of aromatic nitrogens is 1. The van der Waals surface area contributed by atoms with Gasteiger partial charge < -0.3 is 18.9 Å². The lowest BCUT2D eigenvalue weighted by Crippen LogP contribution is -2.42. The first-order valence-electron chi connectivity index (χ1n) is 17.4. The Bertz CT molecular complexity index is 1530. The standard InChI is InChI=1S/C39H51F3N2O5/c1-7-9-10-11-21-44(38(47)39(40,41)42)34-23-31(18-19-35(34)49-26-30-16-14-29(15-17-30)22-27(3)4)37(46)33-25-43(24-32(33)28(5)6)20-12-13-36(45)48-8-2/h14-19,23-25,27-28H,7-13,20-22,26H2,1-6H3. The lowest BCUT2D eigenvalue weighted by atomic mass is 9.96. The predicted molar refractivity (Wildman–Crippen MR) is 186 cm³/mol. The molecule has 0 bridgehead atoms. The number of hydrogen-bond acceptors (Lipinski definition) is 5. The Kier molecular flexibility index (Phi) is 15.0. The van der Waals surface area contributed by atoms with Crippen LogP contribution >= 0.6 is 0 Å². The highest BCUT2D eigenvalue weighted by Crippen LogP contribution is 2.35. The van der Waals surface area contributed by atoms with E-state index in [1.54, 1.807) is 13.1 Å². The summed E-state index contributed by atoms with van der Waals surface area (Å²) < 4.78 is 55.0. The van der Waals surface area contributed by atoms with Gasteiger partial charge in [-0.25, -0.2) is 0 Å².